The van der Waals surface area contributed by atoms with E-state index in [4.69, 9.17) is 5.73 Å². The normalized spacial score (nSPS) is 11.9. The van der Waals surface area contributed by atoms with Gasteiger partial charge < -0.3 is 5.73 Å². The molecule has 1 aromatic carbocycles. The molecule has 2 nitrogen and oxygen atoms in total. The Morgan fingerprint density at radius 3 is 2.53 bits per heavy atom. The van der Waals surface area contributed by atoms with Crippen LogP contribution in [0.3, 0.4) is 0 Å². The minimum atomic E-state index is -4.34. The zero-order valence-corrected chi connectivity index (χ0v) is 7.55. The summed E-state index contributed by atoms with van der Waals surface area (Å²) in [7, 11) is 0. The summed E-state index contributed by atoms with van der Waals surface area (Å²) >= 11 is 0. The largest absolute Gasteiger partial charge is 0.416 e. The standard InChI is InChI=1S/C10H7F3N2/c11-10(12,13)7-2-1-6-3-8(14)5-15-9(6)4-7/h1-5H,14H2. The second-order valence-electron chi connectivity index (χ2n) is 3.17. The van der Waals surface area contributed by atoms with E-state index in [0.717, 1.165) is 12.1 Å². The van der Waals surface area contributed by atoms with E-state index in [2.05, 4.69) is 4.98 Å². The second kappa shape index (κ2) is 3.12. The third-order valence-corrected chi connectivity index (χ3v) is 2.03. The molecule has 1 heterocycles. The third kappa shape index (κ3) is 1.86. The van der Waals surface area contributed by atoms with Gasteiger partial charge in [-0.05, 0) is 18.2 Å². The fourth-order valence-electron chi connectivity index (χ4n) is 1.31. The smallest absolute Gasteiger partial charge is 0.397 e. The second-order valence-corrected chi connectivity index (χ2v) is 3.17. The molecule has 0 saturated heterocycles. The average Bonchev–Trinajstić information content (AvgIpc) is 2.15. The number of hydrogen-bond donors (Lipinski definition) is 1. The molecule has 0 aliphatic rings. The molecule has 0 radical (unpaired) electrons. The molecule has 2 rings (SSSR count). The van der Waals surface area contributed by atoms with Crippen LogP contribution in [0.25, 0.3) is 10.9 Å². The lowest BCUT2D eigenvalue weighted by molar-refractivity contribution is -0.137. The minimum absolute atomic E-state index is 0.291. The molecule has 15 heavy (non-hydrogen) atoms. The monoisotopic (exact) mass is 212 g/mol. The van der Waals surface area contributed by atoms with Crippen LogP contribution in [0, 0.1) is 0 Å². The molecule has 0 bridgehead atoms. The van der Waals surface area contributed by atoms with E-state index in [1.54, 1.807) is 6.07 Å². The zero-order chi connectivity index (χ0) is 11.1. The summed E-state index contributed by atoms with van der Waals surface area (Å²) in [6.07, 6.45) is -3.00. The molecule has 0 aliphatic carbocycles. The summed E-state index contributed by atoms with van der Waals surface area (Å²) in [5.41, 5.74) is 5.48. The van der Waals surface area contributed by atoms with Gasteiger partial charge in [0.1, 0.15) is 0 Å². The quantitative estimate of drug-likeness (QED) is 0.729. The van der Waals surface area contributed by atoms with Gasteiger partial charge >= 0.3 is 6.18 Å². The molecule has 78 valence electrons. The van der Waals surface area contributed by atoms with Crippen molar-refractivity contribution in [2.75, 3.05) is 5.73 Å². The number of fused-ring (bicyclic) bond motifs is 1. The number of pyridine rings is 1. The van der Waals surface area contributed by atoms with Gasteiger partial charge in [-0.15, -0.1) is 0 Å². The fraction of sp³-hybridized carbons (Fsp3) is 0.100. The first-order chi connectivity index (χ1) is 6.97. The van der Waals surface area contributed by atoms with Gasteiger partial charge in [-0.2, -0.15) is 13.2 Å². The summed E-state index contributed by atoms with van der Waals surface area (Å²) < 4.78 is 37.0. The molecular weight excluding hydrogens is 205 g/mol. The Kier molecular flexibility index (Phi) is 2.03. The Morgan fingerprint density at radius 2 is 1.87 bits per heavy atom. The number of halogens is 3. The van der Waals surface area contributed by atoms with Crippen molar-refractivity contribution in [3.05, 3.63) is 36.0 Å². The number of aromatic nitrogens is 1. The highest BCUT2D eigenvalue weighted by Crippen LogP contribution is 2.31. The van der Waals surface area contributed by atoms with E-state index in [1.807, 2.05) is 0 Å². The van der Waals surface area contributed by atoms with E-state index >= 15 is 0 Å². The Morgan fingerprint density at radius 1 is 1.13 bits per heavy atom. The lowest BCUT2D eigenvalue weighted by Crippen LogP contribution is -2.04. The van der Waals surface area contributed by atoms with Gasteiger partial charge in [-0.3, -0.25) is 4.98 Å². The first-order valence-corrected chi connectivity index (χ1v) is 4.19. The number of nitrogens with two attached hydrogens (primary N) is 1. The molecular formula is C10H7F3N2. The molecule has 0 aliphatic heterocycles. The highest BCUT2D eigenvalue weighted by Gasteiger charge is 2.30. The maximum atomic E-state index is 12.3. The van der Waals surface area contributed by atoms with Crippen molar-refractivity contribution < 1.29 is 13.2 Å². The van der Waals surface area contributed by atoms with Crippen molar-refractivity contribution in [3.63, 3.8) is 0 Å². The van der Waals surface area contributed by atoms with E-state index in [-0.39, 0.29) is 0 Å². The molecule has 0 amide bonds. The van der Waals surface area contributed by atoms with Crippen LogP contribution in [0.4, 0.5) is 18.9 Å². The van der Waals surface area contributed by atoms with Crippen molar-refractivity contribution >= 4 is 16.6 Å². The number of benzene rings is 1. The lowest BCUT2D eigenvalue weighted by atomic mass is 10.1. The first kappa shape index (κ1) is 9.76. The van der Waals surface area contributed by atoms with Crippen LogP contribution in [-0.2, 0) is 6.18 Å². The predicted molar refractivity (Wildman–Crippen MR) is 51.2 cm³/mol. The summed E-state index contributed by atoms with van der Waals surface area (Å²) in [4.78, 5) is 3.83. The highest BCUT2D eigenvalue weighted by molar-refractivity contribution is 5.81. The van der Waals surface area contributed by atoms with E-state index in [0.29, 0.717) is 16.6 Å². The summed E-state index contributed by atoms with van der Waals surface area (Å²) in [6, 6.07) is 4.97. The predicted octanol–water partition coefficient (Wildman–Crippen LogP) is 2.84. The van der Waals surface area contributed by atoms with Crippen LogP contribution in [-0.4, -0.2) is 4.98 Å². The van der Waals surface area contributed by atoms with Crippen molar-refractivity contribution in [2.24, 2.45) is 0 Å². The third-order valence-electron chi connectivity index (χ3n) is 2.03. The molecule has 0 saturated carbocycles. The number of alkyl halides is 3. The van der Waals surface area contributed by atoms with Gasteiger partial charge in [0.15, 0.2) is 0 Å². The first-order valence-electron chi connectivity index (χ1n) is 4.19. The number of hydrogen-bond acceptors (Lipinski definition) is 2. The van der Waals surface area contributed by atoms with Crippen LogP contribution in [0.2, 0.25) is 0 Å². The van der Waals surface area contributed by atoms with Crippen LogP contribution in [0.5, 0.6) is 0 Å². The summed E-state index contributed by atoms with van der Waals surface area (Å²) in [5, 5.41) is 0.600. The summed E-state index contributed by atoms with van der Waals surface area (Å²) in [5.74, 6) is 0. The van der Waals surface area contributed by atoms with Gasteiger partial charge in [0.05, 0.1) is 23.0 Å². The molecule has 5 heteroatoms. The number of nitrogens with zero attached hydrogens (tertiary/aromatic N) is 1. The average molecular weight is 212 g/mol. The van der Waals surface area contributed by atoms with Gasteiger partial charge in [-0.1, -0.05) is 6.07 Å². The SMILES string of the molecule is Nc1cnc2cc(C(F)(F)F)ccc2c1. The maximum Gasteiger partial charge on any atom is 0.416 e. The molecule has 2 N–H and O–H groups in total. The maximum absolute atomic E-state index is 12.3. The van der Waals surface area contributed by atoms with Crippen LogP contribution < -0.4 is 5.73 Å². The number of anilines is 1. The van der Waals surface area contributed by atoms with Gasteiger partial charge in [0.25, 0.3) is 0 Å². The van der Waals surface area contributed by atoms with Crippen LogP contribution in [0.1, 0.15) is 5.56 Å². The highest BCUT2D eigenvalue weighted by atomic mass is 19.4. The van der Waals surface area contributed by atoms with Crippen LogP contribution in [0.15, 0.2) is 30.5 Å². The lowest BCUT2D eigenvalue weighted by Gasteiger charge is -2.07. The Bertz CT molecular complexity index is 505. The Balaban J connectivity index is 2.62. The van der Waals surface area contributed by atoms with Crippen molar-refractivity contribution in [2.45, 2.75) is 6.18 Å². The molecule has 0 atom stereocenters. The fourth-order valence-corrected chi connectivity index (χ4v) is 1.31. The molecule has 0 spiro atoms. The van der Waals surface area contributed by atoms with Crippen molar-refractivity contribution in [1.82, 2.24) is 4.98 Å². The molecule has 2 aromatic rings. The van der Waals surface area contributed by atoms with Crippen molar-refractivity contribution in [3.8, 4) is 0 Å². The minimum Gasteiger partial charge on any atom is -0.397 e. The van der Waals surface area contributed by atoms with E-state index < -0.39 is 11.7 Å². The number of nitrogen functional groups attached to an aromatic ring is 1. The van der Waals surface area contributed by atoms with Crippen LogP contribution >= 0.6 is 0 Å². The Hall–Kier alpha value is -1.78. The molecule has 0 unspecified atom stereocenters. The van der Waals surface area contributed by atoms with Crippen molar-refractivity contribution in [1.29, 1.82) is 0 Å². The molecule has 1 aromatic heterocycles. The Labute approximate surface area is 83.5 Å². The van der Waals surface area contributed by atoms with Gasteiger partial charge in [0.2, 0.25) is 0 Å². The van der Waals surface area contributed by atoms with E-state index in [1.165, 1.54) is 12.3 Å². The summed E-state index contributed by atoms with van der Waals surface area (Å²) in [6.45, 7) is 0. The number of rotatable bonds is 0. The van der Waals surface area contributed by atoms with Gasteiger partial charge in [0, 0.05) is 5.39 Å². The topological polar surface area (TPSA) is 38.9 Å². The van der Waals surface area contributed by atoms with E-state index in [9.17, 15) is 13.2 Å². The van der Waals surface area contributed by atoms with Gasteiger partial charge in [-0.25, -0.2) is 0 Å². The zero-order valence-electron chi connectivity index (χ0n) is 7.55. The molecule has 0 fully saturated rings.